The zero-order valence-electron chi connectivity index (χ0n) is 16.0. The van der Waals surface area contributed by atoms with E-state index in [1.165, 1.54) is 24.3 Å². The van der Waals surface area contributed by atoms with Crippen molar-refractivity contribution in [2.24, 2.45) is 0 Å². The van der Waals surface area contributed by atoms with E-state index in [1.54, 1.807) is 12.4 Å². The van der Waals surface area contributed by atoms with Crippen molar-refractivity contribution in [3.8, 4) is 11.5 Å². The van der Waals surface area contributed by atoms with Gasteiger partial charge in [0, 0.05) is 25.6 Å². The number of carboxylic acids is 1. The van der Waals surface area contributed by atoms with Crippen LogP contribution in [0.1, 0.15) is 18.4 Å². The number of anilines is 1. The highest BCUT2D eigenvalue weighted by Crippen LogP contribution is 2.25. The van der Waals surface area contributed by atoms with Gasteiger partial charge in [0.25, 0.3) is 0 Å². The van der Waals surface area contributed by atoms with Gasteiger partial charge in [-0.1, -0.05) is 12.1 Å². The lowest BCUT2D eigenvalue weighted by Crippen LogP contribution is -2.42. The highest BCUT2D eigenvalue weighted by Gasteiger charge is 2.31. The zero-order valence-corrected chi connectivity index (χ0v) is 16.0. The number of morpholine rings is 1. The largest absolute Gasteiger partial charge is 0.573 e. The standard InChI is InChI=1S/C20H21F3N2O5/c21-20(22,23)30-16-3-1-14(2-4-16)13-29-18-9-15(10-24-11-18)25-7-8-28-17(12-25)5-6-19(26)27/h1-4,9-11,17H,5-8,12-13H2,(H,26,27)/t17-/m1/s1. The van der Waals surface area contributed by atoms with E-state index in [1.807, 2.05) is 6.07 Å². The molecule has 1 saturated heterocycles. The van der Waals surface area contributed by atoms with Gasteiger partial charge < -0.3 is 24.2 Å². The predicted molar refractivity (Wildman–Crippen MR) is 101 cm³/mol. The predicted octanol–water partition coefficient (Wildman–Crippen LogP) is 3.63. The van der Waals surface area contributed by atoms with Crippen molar-refractivity contribution in [2.45, 2.75) is 31.9 Å². The number of carboxylic acid groups (broad SMARTS) is 1. The summed E-state index contributed by atoms with van der Waals surface area (Å²) < 4.78 is 51.8. The van der Waals surface area contributed by atoms with Crippen LogP contribution in [-0.4, -0.2) is 48.2 Å². The van der Waals surface area contributed by atoms with Crippen LogP contribution < -0.4 is 14.4 Å². The van der Waals surface area contributed by atoms with Gasteiger partial charge in [0.1, 0.15) is 18.1 Å². The molecule has 1 atom stereocenters. The molecule has 0 amide bonds. The van der Waals surface area contributed by atoms with Crippen LogP contribution in [0.5, 0.6) is 11.5 Å². The van der Waals surface area contributed by atoms with Gasteiger partial charge >= 0.3 is 12.3 Å². The first-order valence-electron chi connectivity index (χ1n) is 9.29. The third-order valence-corrected chi connectivity index (χ3v) is 4.45. The lowest BCUT2D eigenvalue weighted by atomic mass is 10.1. The minimum atomic E-state index is -4.73. The molecule has 0 unspecified atom stereocenters. The number of aromatic nitrogens is 1. The molecule has 0 bridgehead atoms. The number of hydrogen-bond donors (Lipinski definition) is 1. The third kappa shape index (κ3) is 6.80. The molecule has 2 heterocycles. The van der Waals surface area contributed by atoms with E-state index in [4.69, 9.17) is 14.6 Å². The minimum Gasteiger partial charge on any atom is -0.487 e. The fraction of sp³-hybridized carbons (Fsp3) is 0.400. The fourth-order valence-electron chi connectivity index (χ4n) is 3.03. The second kappa shape index (κ2) is 9.66. The van der Waals surface area contributed by atoms with Crippen LogP contribution >= 0.6 is 0 Å². The van der Waals surface area contributed by atoms with Crippen LogP contribution in [0.2, 0.25) is 0 Å². The van der Waals surface area contributed by atoms with Crippen molar-refractivity contribution in [1.29, 1.82) is 0 Å². The summed E-state index contributed by atoms with van der Waals surface area (Å²) in [6.07, 6.45) is -1.17. The Morgan fingerprint density at radius 3 is 2.70 bits per heavy atom. The molecule has 0 saturated carbocycles. The topological polar surface area (TPSA) is 81.1 Å². The van der Waals surface area contributed by atoms with E-state index in [9.17, 15) is 18.0 Å². The van der Waals surface area contributed by atoms with Crippen molar-refractivity contribution in [2.75, 3.05) is 24.6 Å². The summed E-state index contributed by atoms with van der Waals surface area (Å²) in [5.74, 6) is -0.637. The zero-order chi connectivity index (χ0) is 21.6. The van der Waals surface area contributed by atoms with Gasteiger partial charge in [-0.05, 0) is 24.1 Å². The van der Waals surface area contributed by atoms with Crippen LogP contribution in [0.3, 0.4) is 0 Å². The monoisotopic (exact) mass is 426 g/mol. The van der Waals surface area contributed by atoms with Crippen molar-refractivity contribution in [1.82, 2.24) is 4.98 Å². The molecule has 0 spiro atoms. The Morgan fingerprint density at radius 1 is 1.23 bits per heavy atom. The molecule has 1 aromatic carbocycles. The first-order valence-corrected chi connectivity index (χ1v) is 9.29. The molecular formula is C20H21F3N2O5. The van der Waals surface area contributed by atoms with E-state index in [0.717, 1.165) is 5.69 Å². The van der Waals surface area contributed by atoms with Crippen LogP contribution in [-0.2, 0) is 16.1 Å². The molecule has 1 aromatic heterocycles. The summed E-state index contributed by atoms with van der Waals surface area (Å²) in [7, 11) is 0. The molecule has 0 aliphatic carbocycles. The van der Waals surface area contributed by atoms with E-state index in [-0.39, 0.29) is 24.9 Å². The number of carbonyl (C=O) groups is 1. The molecule has 30 heavy (non-hydrogen) atoms. The molecule has 1 fully saturated rings. The maximum Gasteiger partial charge on any atom is 0.573 e. The number of aliphatic carboxylic acids is 1. The Labute approximate surface area is 171 Å². The highest BCUT2D eigenvalue weighted by molar-refractivity contribution is 5.66. The number of pyridine rings is 1. The number of rotatable bonds is 8. The fourth-order valence-corrected chi connectivity index (χ4v) is 3.03. The van der Waals surface area contributed by atoms with E-state index in [2.05, 4.69) is 14.6 Å². The summed E-state index contributed by atoms with van der Waals surface area (Å²) in [5.41, 5.74) is 1.50. The second-order valence-electron chi connectivity index (χ2n) is 6.73. The van der Waals surface area contributed by atoms with E-state index in [0.29, 0.717) is 37.4 Å². The average molecular weight is 426 g/mol. The van der Waals surface area contributed by atoms with Crippen molar-refractivity contribution < 1.29 is 37.3 Å². The Morgan fingerprint density at radius 2 is 2.00 bits per heavy atom. The van der Waals surface area contributed by atoms with Crippen LogP contribution in [0.25, 0.3) is 0 Å². The SMILES string of the molecule is O=C(O)CC[C@@H]1CN(c2cncc(OCc3ccc(OC(F)(F)F)cc3)c2)CCO1. The molecule has 1 aliphatic heterocycles. The van der Waals surface area contributed by atoms with Gasteiger partial charge in [0.2, 0.25) is 0 Å². The van der Waals surface area contributed by atoms with Crippen LogP contribution in [0.15, 0.2) is 42.7 Å². The lowest BCUT2D eigenvalue weighted by molar-refractivity contribution is -0.274. The Balaban J connectivity index is 1.56. The quantitative estimate of drug-likeness (QED) is 0.690. The van der Waals surface area contributed by atoms with Gasteiger partial charge in [-0.3, -0.25) is 9.78 Å². The van der Waals surface area contributed by atoms with Gasteiger partial charge in [0.15, 0.2) is 0 Å². The normalized spacial score (nSPS) is 16.9. The molecule has 162 valence electrons. The first-order chi connectivity index (χ1) is 14.3. The third-order valence-electron chi connectivity index (χ3n) is 4.45. The summed E-state index contributed by atoms with van der Waals surface area (Å²) in [6.45, 7) is 1.85. The number of halogens is 3. The summed E-state index contributed by atoms with van der Waals surface area (Å²) in [6, 6.07) is 7.26. The maximum absolute atomic E-state index is 12.2. The van der Waals surface area contributed by atoms with E-state index < -0.39 is 12.3 Å². The number of hydrogen-bond acceptors (Lipinski definition) is 6. The van der Waals surface area contributed by atoms with Crippen LogP contribution in [0.4, 0.5) is 18.9 Å². The van der Waals surface area contributed by atoms with Crippen molar-refractivity contribution in [3.63, 3.8) is 0 Å². The Kier molecular flexibility index (Phi) is 6.99. The van der Waals surface area contributed by atoms with E-state index >= 15 is 0 Å². The molecule has 0 radical (unpaired) electrons. The molecule has 10 heteroatoms. The molecule has 7 nitrogen and oxygen atoms in total. The molecular weight excluding hydrogens is 405 g/mol. The van der Waals surface area contributed by atoms with Gasteiger partial charge in [-0.15, -0.1) is 13.2 Å². The van der Waals surface area contributed by atoms with Crippen LogP contribution in [0, 0.1) is 0 Å². The second-order valence-corrected chi connectivity index (χ2v) is 6.73. The summed E-state index contributed by atoms with van der Waals surface area (Å²) >= 11 is 0. The lowest BCUT2D eigenvalue weighted by Gasteiger charge is -2.34. The molecule has 2 aromatic rings. The van der Waals surface area contributed by atoms with Gasteiger partial charge in [-0.2, -0.15) is 0 Å². The number of ether oxygens (including phenoxy) is 3. The molecule has 1 aliphatic rings. The smallest absolute Gasteiger partial charge is 0.487 e. The molecule has 1 N–H and O–H groups in total. The van der Waals surface area contributed by atoms with Gasteiger partial charge in [-0.25, -0.2) is 0 Å². The minimum absolute atomic E-state index is 0.0483. The van der Waals surface area contributed by atoms with Crippen molar-refractivity contribution in [3.05, 3.63) is 48.3 Å². The number of benzene rings is 1. The molecule has 3 rings (SSSR count). The first kappa shape index (κ1) is 21.7. The number of alkyl halides is 3. The van der Waals surface area contributed by atoms with Gasteiger partial charge in [0.05, 0.1) is 30.8 Å². The van der Waals surface area contributed by atoms with Crippen molar-refractivity contribution >= 4 is 11.7 Å². The Bertz CT molecular complexity index is 845. The number of nitrogens with zero attached hydrogens (tertiary/aromatic N) is 2. The Hall–Kier alpha value is -3.01. The summed E-state index contributed by atoms with van der Waals surface area (Å²) in [4.78, 5) is 17.0. The summed E-state index contributed by atoms with van der Waals surface area (Å²) in [5, 5.41) is 8.83. The average Bonchev–Trinajstić information content (AvgIpc) is 2.71. The maximum atomic E-state index is 12.2. The highest BCUT2D eigenvalue weighted by atomic mass is 19.4.